The van der Waals surface area contributed by atoms with Crippen molar-refractivity contribution in [2.45, 2.75) is 26.2 Å². The standard InChI is InChI=1S/C18H20ClN3O2/c1-2-13-11-15(6-7-16(13)19)24-17(23)14-5-3-10-22(12-14)18-20-8-4-9-21-18/h4,6-9,11,14H,2-3,5,10,12H2,1H3/t14-/m0/s1. The number of piperidine rings is 1. The number of nitrogens with zero attached hydrogens (tertiary/aromatic N) is 3. The molecule has 1 aliphatic rings. The fourth-order valence-corrected chi connectivity index (χ4v) is 3.14. The number of hydrogen-bond donors (Lipinski definition) is 0. The maximum atomic E-state index is 12.5. The number of benzene rings is 1. The molecule has 6 heteroatoms. The number of esters is 1. The van der Waals surface area contributed by atoms with Crippen molar-refractivity contribution in [3.05, 3.63) is 47.2 Å². The second kappa shape index (κ2) is 7.62. The normalized spacial score (nSPS) is 17.6. The van der Waals surface area contributed by atoms with Crippen molar-refractivity contribution >= 4 is 23.5 Å². The smallest absolute Gasteiger partial charge is 0.316 e. The van der Waals surface area contributed by atoms with Crippen LogP contribution in [-0.2, 0) is 11.2 Å². The SMILES string of the molecule is CCc1cc(OC(=O)[C@H]2CCCN(c3ncccn3)C2)ccc1Cl. The summed E-state index contributed by atoms with van der Waals surface area (Å²) in [7, 11) is 0. The second-order valence-corrected chi connectivity index (χ2v) is 6.27. The number of rotatable bonds is 4. The van der Waals surface area contributed by atoms with Crippen LogP contribution >= 0.6 is 11.6 Å². The van der Waals surface area contributed by atoms with Gasteiger partial charge < -0.3 is 9.64 Å². The summed E-state index contributed by atoms with van der Waals surface area (Å²) in [6.07, 6.45) is 5.95. The molecule has 0 saturated carbocycles. The predicted molar refractivity (Wildman–Crippen MR) is 93.4 cm³/mol. The topological polar surface area (TPSA) is 55.3 Å². The number of aromatic nitrogens is 2. The molecule has 0 amide bonds. The van der Waals surface area contributed by atoms with Crippen molar-refractivity contribution < 1.29 is 9.53 Å². The molecular weight excluding hydrogens is 326 g/mol. The van der Waals surface area contributed by atoms with Crippen LogP contribution in [0.1, 0.15) is 25.3 Å². The third-order valence-corrected chi connectivity index (χ3v) is 4.57. The second-order valence-electron chi connectivity index (χ2n) is 5.86. The fraction of sp³-hybridized carbons (Fsp3) is 0.389. The summed E-state index contributed by atoms with van der Waals surface area (Å²) >= 11 is 6.11. The lowest BCUT2D eigenvalue weighted by Gasteiger charge is -2.31. The molecule has 0 aliphatic carbocycles. The molecule has 0 N–H and O–H groups in total. The number of anilines is 1. The van der Waals surface area contributed by atoms with E-state index in [1.54, 1.807) is 30.6 Å². The molecule has 3 rings (SSSR count). The molecule has 1 fully saturated rings. The van der Waals surface area contributed by atoms with Crippen LogP contribution in [0.5, 0.6) is 5.75 Å². The molecule has 0 radical (unpaired) electrons. The van der Waals surface area contributed by atoms with Crippen LogP contribution in [0, 0.1) is 5.92 Å². The number of carbonyl (C=O) groups excluding carboxylic acids is 1. The van der Waals surface area contributed by atoms with Crippen molar-refractivity contribution in [2.24, 2.45) is 5.92 Å². The molecule has 1 saturated heterocycles. The number of carbonyl (C=O) groups is 1. The Kier molecular flexibility index (Phi) is 5.30. The van der Waals surface area contributed by atoms with Crippen molar-refractivity contribution in [1.82, 2.24) is 9.97 Å². The molecule has 1 aromatic carbocycles. The first-order valence-electron chi connectivity index (χ1n) is 8.19. The third-order valence-electron chi connectivity index (χ3n) is 4.21. The van der Waals surface area contributed by atoms with E-state index in [1.807, 2.05) is 17.9 Å². The third kappa shape index (κ3) is 3.85. The van der Waals surface area contributed by atoms with Crippen molar-refractivity contribution in [3.8, 4) is 5.75 Å². The number of ether oxygens (including phenoxy) is 1. The Morgan fingerprint density at radius 3 is 2.92 bits per heavy atom. The summed E-state index contributed by atoms with van der Waals surface area (Å²) < 4.78 is 5.57. The minimum atomic E-state index is -0.208. The Morgan fingerprint density at radius 1 is 1.38 bits per heavy atom. The highest BCUT2D eigenvalue weighted by molar-refractivity contribution is 6.31. The highest BCUT2D eigenvalue weighted by Crippen LogP contribution is 2.25. The lowest BCUT2D eigenvalue weighted by atomic mass is 9.98. The van der Waals surface area contributed by atoms with E-state index >= 15 is 0 Å². The van der Waals surface area contributed by atoms with Crippen molar-refractivity contribution in [1.29, 1.82) is 0 Å². The number of hydrogen-bond acceptors (Lipinski definition) is 5. The molecule has 5 nitrogen and oxygen atoms in total. The zero-order valence-corrected chi connectivity index (χ0v) is 14.4. The molecular formula is C18H20ClN3O2. The van der Waals surface area contributed by atoms with Gasteiger partial charge >= 0.3 is 5.97 Å². The average molecular weight is 346 g/mol. The Labute approximate surface area is 146 Å². The quantitative estimate of drug-likeness (QED) is 0.627. The fourth-order valence-electron chi connectivity index (χ4n) is 2.89. The minimum absolute atomic E-state index is 0.177. The largest absolute Gasteiger partial charge is 0.426 e. The minimum Gasteiger partial charge on any atom is -0.426 e. The zero-order valence-electron chi connectivity index (χ0n) is 13.6. The van der Waals surface area contributed by atoms with Gasteiger partial charge in [-0.2, -0.15) is 0 Å². The van der Waals surface area contributed by atoms with E-state index in [-0.39, 0.29) is 11.9 Å². The predicted octanol–water partition coefficient (Wildman–Crippen LogP) is 3.51. The number of halogens is 1. The average Bonchev–Trinajstić information content (AvgIpc) is 2.64. The van der Waals surface area contributed by atoms with Crippen LogP contribution in [0.25, 0.3) is 0 Å². The molecule has 1 atom stereocenters. The van der Waals surface area contributed by atoms with Gasteiger partial charge in [0, 0.05) is 30.5 Å². The Balaban J connectivity index is 1.66. The highest BCUT2D eigenvalue weighted by Gasteiger charge is 2.28. The van der Waals surface area contributed by atoms with Crippen LogP contribution in [0.3, 0.4) is 0 Å². The lowest BCUT2D eigenvalue weighted by molar-refractivity contribution is -0.139. The van der Waals surface area contributed by atoms with Crippen LogP contribution in [0.4, 0.5) is 5.95 Å². The van der Waals surface area contributed by atoms with Gasteiger partial charge in [0.1, 0.15) is 5.75 Å². The van der Waals surface area contributed by atoms with Gasteiger partial charge in [0.2, 0.25) is 5.95 Å². The highest BCUT2D eigenvalue weighted by atomic mass is 35.5. The number of aryl methyl sites for hydroxylation is 1. The van der Waals surface area contributed by atoms with E-state index in [2.05, 4.69) is 9.97 Å². The summed E-state index contributed by atoms with van der Waals surface area (Å²) in [6, 6.07) is 7.13. The molecule has 126 valence electrons. The summed E-state index contributed by atoms with van der Waals surface area (Å²) in [6.45, 7) is 3.46. The summed E-state index contributed by atoms with van der Waals surface area (Å²) in [5, 5.41) is 0.697. The summed E-state index contributed by atoms with van der Waals surface area (Å²) in [5.41, 5.74) is 0.977. The summed E-state index contributed by atoms with van der Waals surface area (Å²) in [5.74, 6) is 0.826. The van der Waals surface area contributed by atoms with E-state index in [4.69, 9.17) is 16.3 Å². The van der Waals surface area contributed by atoms with Gasteiger partial charge in [-0.1, -0.05) is 18.5 Å². The summed E-state index contributed by atoms with van der Waals surface area (Å²) in [4.78, 5) is 23.1. The Morgan fingerprint density at radius 2 is 2.17 bits per heavy atom. The molecule has 2 aromatic rings. The Hall–Kier alpha value is -2.14. The van der Waals surface area contributed by atoms with Gasteiger partial charge in [0.05, 0.1) is 5.92 Å². The van der Waals surface area contributed by atoms with Gasteiger partial charge in [-0.3, -0.25) is 4.79 Å². The van der Waals surface area contributed by atoms with Crippen molar-refractivity contribution in [2.75, 3.05) is 18.0 Å². The maximum absolute atomic E-state index is 12.5. The first-order valence-corrected chi connectivity index (χ1v) is 8.57. The molecule has 1 aliphatic heterocycles. The van der Waals surface area contributed by atoms with E-state index in [0.717, 1.165) is 31.4 Å². The first-order chi connectivity index (χ1) is 11.7. The maximum Gasteiger partial charge on any atom is 0.316 e. The van der Waals surface area contributed by atoms with Crippen molar-refractivity contribution in [3.63, 3.8) is 0 Å². The Bertz CT molecular complexity index is 709. The van der Waals surface area contributed by atoms with Gasteiger partial charge in [0.25, 0.3) is 0 Å². The molecule has 24 heavy (non-hydrogen) atoms. The van der Waals surface area contributed by atoms with Gasteiger partial charge in [-0.25, -0.2) is 9.97 Å². The molecule has 0 spiro atoms. The lowest BCUT2D eigenvalue weighted by Crippen LogP contribution is -2.41. The van der Waals surface area contributed by atoms with Crippen LogP contribution in [-0.4, -0.2) is 29.0 Å². The van der Waals surface area contributed by atoms with Crippen LogP contribution < -0.4 is 9.64 Å². The van der Waals surface area contributed by atoms with E-state index in [1.165, 1.54) is 0 Å². The molecule has 2 heterocycles. The molecule has 0 bridgehead atoms. The van der Waals surface area contributed by atoms with Crippen LogP contribution in [0.15, 0.2) is 36.7 Å². The van der Waals surface area contributed by atoms with Crippen LogP contribution in [0.2, 0.25) is 5.02 Å². The zero-order chi connectivity index (χ0) is 16.9. The molecule has 0 unspecified atom stereocenters. The first kappa shape index (κ1) is 16.7. The van der Waals surface area contributed by atoms with E-state index < -0.39 is 0 Å². The van der Waals surface area contributed by atoms with E-state index in [9.17, 15) is 4.79 Å². The monoisotopic (exact) mass is 345 g/mol. The van der Waals surface area contributed by atoms with Gasteiger partial charge in [0.15, 0.2) is 0 Å². The molecule has 1 aromatic heterocycles. The van der Waals surface area contributed by atoms with Gasteiger partial charge in [-0.05, 0) is 49.1 Å². The van der Waals surface area contributed by atoms with Gasteiger partial charge in [-0.15, -0.1) is 0 Å². The van der Waals surface area contributed by atoms with E-state index in [0.29, 0.717) is 23.3 Å².